The summed E-state index contributed by atoms with van der Waals surface area (Å²) in [5, 5.41) is 2.99. The van der Waals surface area contributed by atoms with Gasteiger partial charge < -0.3 is 15.0 Å². The second-order valence-electron chi connectivity index (χ2n) is 10.7. The smallest absolute Gasteiger partial charge is 0.244 e. The molecule has 1 atom stereocenters. The van der Waals surface area contributed by atoms with E-state index in [4.69, 9.17) is 4.74 Å². The van der Waals surface area contributed by atoms with Crippen molar-refractivity contribution in [2.24, 2.45) is 0 Å². The van der Waals surface area contributed by atoms with Crippen LogP contribution in [0, 0.1) is 0 Å². The summed E-state index contributed by atoms with van der Waals surface area (Å²) >= 11 is 3.45. The zero-order chi connectivity index (χ0) is 32.2. The topological polar surface area (TPSA) is 96.0 Å². The number of carbonyl (C=O) groups excluding carboxylic acids is 2. The van der Waals surface area contributed by atoms with Gasteiger partial charge in [0.1, 0.15) is 24.1 Å². The SMILES string of the molecule is CCCCNC(=O)[C@H](Cc1ccccc1)N(Cc1ccc(Br)cc1)C(=O)CN(c1ccc(Oc2ccccc2)cc1)S(C)(=O)=O. The minimum atomic E-state index is -3.88. The molecule has 1 N–H and O–H groups in total. The van der Waals surface area contributed by atoms with Crippen molar-refractivity contribution in [2.75, 3.05) is 23.7 Å². The van der Waals surface area contributed by atoms with Gasteiger partial charge in [-0.25, -0.2) is 8.42 Å². The first kappa shape index (κ1) is 33.7. The van der Waals surface area contributed by atoms with Crippen molar-refractivity contribution in [1.29, 1.82) is 0 Å². The molecule has 4 rings (SSSR count). The molecule has 0 bridgehead atoms. The van der Waals surface area contributed by atoms with E-state index in [1.54, 1.807) is 24.3 Å². The zero-order valence-electron chi connectivity index (χ0n) is 25.4. The lowest BCUT2D eigenvalue weighted by Gasteiger charge is -2.33. The van der Waals surface area contributed by atoms with Crippen LogP contribution in [0.1, 0.15) is 30.9 Å². The molecule has 4 aromatic rings. The molecule has 0 aliphatic rings. The Morgan fingerprint density at radius 2 is 1.42 bits per heavy atom. The molecule has 0 unspecified atom stereocenters. The maximum atomic E-state index is 14.2. The average Bonchev–Trinajstić information content (AvgIpc) is 3.03. The Kier molecular flexibility index (Phi) is 12.2. The van der Waals surface area contributed by atoms with Crippen molar-refractivity contribution >= 4 is 43.5 Å². The monoisotopic (exact) mass is 691 g/mol. The lowest BCUT2D eigenvalue weighted by molar-refractivity contribution is -0.140. The predicted molar refractivity (Wildman–Crippen MR) is 182 cm³/mol. The number of sulfonamides is 1. The molecule has 0 saturated carbocycles. The number of hydrogen-bond donors (Lipinski definition) is 1. The summed E-state index contributed by atoms with van der Waals surface area (Å²) in [6, 6.07) is 31.9. The van der Waals surface area contributed by atoms with Gasteiger partial charge >= 0.3 is 0 Å². The first-order chi connectivity index (χ1) is 21.6. The van der Waals surface area contributed by atoms with E-state index in [0.29, 0.717) is 23.7 Å². The second kappa shape index (κ2) is 16.2. The fraction of sp³-hybridized carbons (Fsp3) is 0.257. The second-order valence-corrected chi connectivity index (χ2v) is 13.5. The number of benzene rings is 4. The molecule has 236 valence electrons. The van der Waals surface area contributed by atoms with Gasteiger partial charge in [-0.3, -0.25) is 13.9 Å². The third kappa shape index (κ3) is 10.2. The molecular weight excluding hydrogens is 654 g/mol. The fourth-order valence-electron chi connectivity index (χ4n) is 4.77. The number of amides is 2. The third-order valence-corrected chi connectivity index (χ3v) is 8.82. The van der Waals surface area contributed by atoms with Crippen molar-refractivity contribution in [1.82, 2.24) is 10.2 Å². The zero-order valence-corrected chi connectivity index (χ0v) is 27.8. The maximum Gasteiger partial charge on any atom is 0.244 e. The molecule has 0 heterocycles. The van der Waals surface area contributed by atoms with Gasteiger partial charge in [0.2, 0.25) is 21.8 Å². The van der Waals surface area contributed by atoms with Crippen LogP contribution in [0.4, 0.5) is 5.69 Å². The molecule has 0 aliphatic carbocycles. The number of halogens is 1. The highest BCUT2D eigenvalue weighted by atomic mass is 79.9. The summed E-state index contributed by atoms with van der Waals surface area (Å²) in [6.07, 6.45) is 3.04. The lowest BCUT2D eigenvalue weighted by atomic mass is 10.0. The van der Waals surface area contributed by atoms with E-state index < -0.39 is 28.5 Å². The van der Waals surface area contributed by atoms with Crippen molar-refractivity contribution in [2.45, 2.75) is 38.8 Å². The number of rotatable bonds is 15. The summed E-state index contributed by atoms with van der Waals surface area (Å²) in [4.78, 5) is 29.4. The van der Waals surface area contributed by atoms with E-state index in [0.717, 1.165) is 39.0 Å². The van der Waals surface area contributed by atoms with E-state index in [2.05, 4.69) is 21.2 Å². The standard InChI is InChI=1S/C35H38BrN3O5S/c1-3-4-23-37-35(41)33(24-27-11-7-5-8-12-27)38(25-28-15-17-29(36)18-16-28)34(40)26-39(45(2,42)43)30-19-21-32(22-20-30)44-31-13-9-6-10-14-31/h5-22,33H,3-4,23-26H2,1-2H3,(H,37,41)/t33-/m0/s1. The van der Waals surface area contributed by atoms with Crippen LogP contribution in [0.3, 0.4) is 0 Å². The van der Waals surface area contributed by atoms with E-state index in [9.17, 15) is 18.0 Å². The molecule has 2 amide bonds. The summed E-state index contributed by atoms with van der Waals surface area (Å²) in [7, 11) is -3.88. The van der Waals surface area contributed by atoms with Crippen LogP contribution >= 0.6 is 15.9 Å². The summed E-state index contributed by atoms with van der Waals surface area (Å²) in [5.74, 6) is 0.379. The minimum Gasteiger partial charge on any atom is -0.457 e. The molecule has 0 aromatic heterocycles. The largest absolute Gasteiger partial charge is 0.457 e. The minimum absolute atomic E-state index is 0.117. The molecular formula is C35H38BrN3O5S. The first-order valence-electron chi connectivity index (χ1n) is 14.8. The van der Waals surface area contributed by atoms with Crippen molar-refractivity contribution in [3.63, 3.8) is 0 Å². The number of ether oxygens (including phenoxy) is 1. The molecule has 0 saturated heterocycles. The third-order valence-electron chi connectivity index (χ3n) is 7.15. The Hall–Kier alpha value is -4.15. The number of carbonyl (C=O) groups is 2. The Bertz CT molecular complexity index is 1630. The molecule has 0 spiro atoms. The molecule has 4 aromatic carbocycles. The summed E-state index contributed by atoms with van der Waals surface area (Å²) in [5.41, 5.74) is 2.00. The Balaban J connectivity index is 1.66. The Morgan fingerprint density at radius 1 is 0.822 bits per heavy atom. The summed E-state index contributed by atoms with van der Waals surface area (Å²) in [6.45, 7) is 2.15. The van der Waals surface area contributed by atoms with E-state index in [1.165, 1.54) is 4.90 Å². The number of hydrogen-bond acceptors (Lipinski definition) is 5. The van der Waals surface area contributed by atoms with Crippen LogP contribution in [0.25, 0.3) is 0 Å². The van der Waals surface area contributed by atoms with Gasteiger partial charge in [-0.05, 0) is 66.1 Å². The fourth-order valence-corrected chi connectivity index (χ4v) is 5.88. The van der Waals surface area contributed by atoms with Crippen molar-refractivity contribution in [3.8, 4) is 11.5 Å². The van der Waals surface area contributed by atoms with E-state index >= 15 is 0 Å². The highest BCUT2D eigenvalue weighted by Crippen LogP contribution is 2.26. The van der Waals surface area contributed by atoms with Crippen molar-refractivity contribution < 1.29 is 22.7 Å². The summed E-state index contributed by atoms with van der Waals surface area (Å²) < 4.78 is 33.9. The Labute approximate surface area is 274 Å². The van der Waals surface area contributed by atoms with Crippen molar-refractivity contribution in [3.05, 3.63) is 125 Å². The number of nitrogens with one attached hydrogen (secondary N) is 1. The molecule has 0 radical (unpaired) electrons. The lowest BCUT2D eigenvalue weighted by Crippen LogP contribution is -2.53. The van der Waals surface area contributed by atoms with Gasteiger partial charge in [0.05, 0.1) is 11.9 Å². The highest BCUT2D eigenvalue weighted by molar-refractivity contribution is 9.10. The molecule has 0 aliphatic heterocycles. The first-order valence-corrected chi connectivity index (χ1v) is 17.4. The van der Waals surface area contributed by atoms with Crippen LogP contribution < -0.4 is 14.4 Å². The van der Waals surface area contributed by atoms with Crippen LogP contribution in [-0.4, -0.2) is 50.5 Å². The highest BCUT2D eigenvalue weighted by Gasteiger charge is 2.33. The maximum absolute atomic E-state index is 14.2. The van der Waals surface area contributed by atoms with Gasteiger partial charge in [0.25, 0.3) is 0 Å². The van der Waals surface area contributed by atoms with E-state index in [-0.39, 0.29) is 18.9 Å². The average molecular weight is 693 g/mol. The van der Waals surface area contributed by atoms with Gasteiger partial charge in [-0.2, -0.15) is 0 Å². The van der Waals surface area contributed by atoms with Crippen LogP contribution in [0.15, 0.2) is 114 Å². The predicted octanol–water partition coefficient (Wildman–Crippen LogP) is 6.56. The van der Waals surface area contributed by atoms with Crippen LogP contribution in [-0.2, 0) is 32.6 Å². The number of anilines is 1. The molecule has 10 heteroatoms. The molecule has 45 heavy (non-hydrogen) atoms. The Morgan fingerprint density at radius 3 is 2.02 bits per heavy atom. The number of unbranched alkanes of at least 4 members (excludes halogenated alkanes) is 1. The van der Waals surface area contributed by atoms with Gasteiger partial charge in [0.15, 0.2) is 0 Å². The van der Waals surface area contributed by atoms with Crippen LogP contribution in [0.5, 0.6) is 11.5 Å². The number of nitrogens with zero attached hydrogens (tertiary/aromatic N) is 2. The quantitative estimate of drug-likeness (QED) is 0.142. The van der Waals surface area contributed by atoms with Gasteiger partial charge in [-0.15, -0.1) is 0 Å². The molecule has 8 nitrogen and oxygen atoms in total. The van der Waals surface area contributed by atoms with Gasteiger partial charge in [0, 0.05) is 24.0 Å². The number of para-hydroxylation sites is 1. The van der Waals surface area contributed by atoms with Crippen LogP contribution in [0.2, 0.25) is 0 Å². The molecule has 0 fully saturated rings. The normalized spacial score (nSPS) is 11.8. The van der Waals surface area contributed by atoms with E-state index in [1.807, 2.05) is 91.9 Å². The van der Waals surface area contributed by atoms with Gasteiger partial charge in [-0.1, -0.05) is 89.9 Å².